The topological polar surface area (TPSA) is 84.2 Å². The molecule has 1 amide bonds. The van der Waals surface area contributed by atoms with Crippen molar-refractivity contribution in [3.8, 4) is 0 Å². The minimum absolute atomic E-state index is 0.0808. The Bertz CT molecular complexity index is 384. The molecule has 15 heavy (non-hydrogen) atoms. The van der Waals surface area contributed by atoms with Gasteiger partial charge in [-0.2, -0.15) is 5.10 Å². The number of carboxylic acid groups (broad SMARTS) is 1. The van der Waals surface area contributed by atoms with Gasteiger partial charge in [-0.3, -0.25) is 14.3 Å². The van der Waals surface area contributed by atoms with E-state index in [4.69, 9.17) is 5.11 Å². The molecule has 0 aliphatic heterocycles. The molecule has 0 unspecified atom stereocenters. The quantitative estimate of drug-likeness (QED) is 0.730. The van der Waals surface area contributed by atoms with Crippen molar-refractivity contribution < 1.29 is 14.7 Å². The molecule has 1 heterocycles. The average Bonchev–Trinajstić information content (AvgIpc) is 2.44. The van der Waals surface area contributed by atoms with Crippen LogP contribution in [0.15, 0.2) is 6.07 Å². The predicted octanol–water partition coefficient (Wildman–Crippen LogP) is -0.0670. The third-order valence-electron chi connectivity index (χ3n) is 1.86. The van der Waals surface area contributed by atoms with Crippen molar-refractivity contribution in [3.63, 3.8) is 0 Å². The van der Waals surface area contributed by atoms with E-state index in [0.717, 1.165) is 5.69 Å². The number of hydrogen-bond acceptors (Lipinski definition) is 3. The smallest absolute Gasteiger partial charge is 0.305 e. The molecule has 6 heteroatoms. The lowest BCUT2D eigenvalue weighted by atomic mass is 10.3. The van der Waals surface area contributed by atoms with Crippen LogP contribution in [0.4, 0.5) is 0 Å². The van der Waals surface area contributed by atoms with Crippen molar-refractivity contribution >= 4 is 11.9 Å². The van der Waals surface area contributed by atoms with Gasteiger partial charge in [-0.25, -0.2) is 0 Å². The standard InChI is InChI=1S/C9H13N3O3/c1-6-5-7(12(2)11-6)9(15)10-4-3-8(13)14/h5H,3-4H2,1-2H3,(H,10,15)(H,13,14). The van der Waals surface area contributed by atoms with Crippen molar-refractivity contribution in [2.75, 3.05) is 6.54 Å². The maximum atomic E-state index is 11.5. The van der Waals surface area contributed by atoms with E-state index < -0.39 is 5.97 Å². The minimum Gasteiger partial charge on any atom is -0.481 e. The maximum absolute atomic E-state index is 11.5. The molecule has 0 aromatic carbocycles. The van der Waals surface area contributed by atoms with Crippen LogP contribution in [0, 0.1) is 6.92 Å². The summed E-state index contributed by atoms with van der Waals surface area (Å²) in [6, 6.07) is 1.65. The van der Waals surface area contributed by atoms with Gasteiger partial charge in [-0.15, -0.1) is 0 Å². The fourth-order valence-electron chi connectivity index (χ4n) is 1.20. The summed E-state index contributed by atoms with van der Waals surface area (Å²) in [5.74, 6) is -1.24. The van der Waals surface area contributed by atoms with Gasteiger partial charge >= 0.3 is 5.97 Å². The fourth-order valence-corrected chi connectivity index (χ4v) is 1.20. The first kappa shape index (κ1) is 11.2. The SMILES string of the molecule is Cc1cc(C(=O)NCCC(=O)O)n(C)n1. The number of nitrogens with one attached hydrogen (secondary N) is 1. The lowest BCUT2D eigenvalue weighted by Crippen LogP contribution is -2.27. The largest absolute Gasteiger partial charge is 0.481 e. The van der Waals surface area contributed by atoms with E-state index >= 15 is 0 Å². The predicted molar refractivity (Wildman–Crippen MR) is 52.5 cm³/mol. The van der Waals surface area contributed by atoms with Crippen LogP contribution in [-0.2, 0) is 11.8 Å². The third-order valence-corrected chi connectivity index (χ3v) is 1.86. The molecule has 0 atom stereocenters. The molecule has 0 aliphatic carbocycles. The normalized spacial score (nSPS) is 10.0. The minimum atomic E-state index is -0.934. The summed E-state index contributed by atoms with van der Waals surface area (Å²) in [6.45, 7) is 1.91. The van der Waals surface area contributed by atoms with Gasteiger partial charge in [0.2, 0.25) is 0 Å². The second-order valence-corrected chi connectivity index (χ2v) is 3.19. The van der Waals surface area contributed by atoms with Gasteiger partial charge in [0.25, 0.3) is 5.91 Å². The second kappa shape index (κ2) is 4.59. The number of aliphatic carboxylic acids is 1. The van der Waals surface area contributed by atoms with Crippen molar-refractivity contribution in [2.24, 2.45) is 7.05 Å². The monoisotopic (exact) mass is 211 g/mol. The number of aromatic nitrogens is 2. The first-order valence-corrected chi connectivity index (χ1v) is 4.51. The zero-order valence-corrected chi connectivity index (χ0v) is 8.65. The van der Waals surface area contributed by atoms with Gasteiger partial charge < -0.3 is 10.4 Å². The number of carboxylic acids is 1. The van der Waals surface area contributed by atoms with Crippen LogP contribution in [0.5, 0.6) is 0 Å². The Hall–Kier alpha value is -1.85. The summed E-state index contributed by atoms with van der Waals surface area (Å²) < 4.78 is 1.46. The molecule has 1 aromatic rings. The molecule has 6 nitrogen and oxygen atoms in total. The highest BCUT2D eigenvalue weighted by Crippen LogP contribution is 2.00. The van der Waals surface area contributed by atoms with Gasteiger partial charge in [0.15, 0.2) is 0 Å². The number of aryl methyl sites for hydroxylation is 2. The Balaban J connectivity index is 2.54. The van der Waals surface area contributed by atoms with Gasteiger partial charge in [0.1, 0.15) is 5.69 Å². The number of carbonyl (C=O) groups excluding carboxylic acids is 1. The summed E-state index contributed by atoms with van der Waals surface area (Å²) in [7, 11) is 1.67. The van der Waals surface area contributed by atoms with Gasteiger partial charge in [0.05, 0.1) is 12.1 Å². The Kier molecular flexibility index (Phi) is 3.43. The number of rotatable bonds is 4. The van der Waals surface area contributed by atoms with Crippen molar-refractivity contribution in [3.05, 3.63) is 17.5 Å². The molecular weight excluding hydrogens is 198 g/mol. The summed E-state index contributed by atoms with van der Waals surface area (Å²) in [4.78, 5) is 21.7. The number of nitrogens with zero attached hydrogens (tertiary/aromatic N) is 2. The average molecular weight is 211 g/mol. The molecule has 0 bridgehead atoms. The van der Waals surface area contributed by atoms with E-state index in [-0.39, 0.29) is 18.9 Å². The second-order valence-electron chi connectivity index (χ2n) is 3.19. The van der Waals surface area contributed by atoms with Crippen LogP contribution in [-0.4, -0.2) is 33.3 Å². The zero-order chi connectivity index (χ0) is 11.4. The van der Waals surface area contributed by atoms with Crippen LogP contribution in [0.3, 0.4) is 0 Å². The fraction of sp³-hybridized carbons (Fsp3) is 0.444. The number of carbonyl (C=O) groups is 2. The number of amides is 1. The van der Waals surface area contributed by atoms with E-state index in [9.17, 15) is 9.59 Å². The zero-order valence-electron chi connectivity index (χ0n) is 8.65. The molecule has 2 N–H and O–H groups in total. The highest BCUT2D eigenvalue weighted by Gasteiger charge is 2.11. The molecular formula is C9H13N3O3. The highest BCUT2D eigenvalue weighted by atomic mass is 16.4. The van der Waals surface area contributed by atoms with E-state index in [1.54, 1.807) is 20.0 Å². The summed E-state index contributed by atoms with van der Waals surface area (Å²) in [5, 5.41) is 14.9. The van der Waals surface area contributed by atoms with E-state index in [0.29, 0.717) is 5.69 Å². The lowest BCUT2D eigenvalue weighted by molar-refractivity contribution is -0.136. The van der Waals surface area contributed by atoms with Gasteiger partial charge in [-0.1, -0.05) is 0 Å². The Morgan fingerprint density at radius 2 is 2.27 bits per heavy atom. The van der Waals surface area contributed by atoms with Crippen LogP contribution in [0.1, 0.15) is 22.6 Å². The Labute approximate surface area is 86.9 Å². The maximum Gasteiger partial charge on any atom is 0.305 e. The molecule has 0 saturated heterocycles. The van der Waals surface area contributed by atoms with Crippen molar-refractivity contribution in [1.29, 1.82) is 0 Å². The molecule has 1 rings (SSSR count). The van der Waals surface area contributed by atoms with Gasteiger partial charge in [-0.05, 0) is 13.0 Å². The molecule has 0 spiro atoms. The van der Waals surface area contributed by atoms with Gasteiger partial charge in [0, 0.05) is 13.6 Å². The first-order valence-electron chi connectivity index (χ1n) is 4.51. The van der Waals surface area contributed by atoms with Crippen LogP contribution in [0.2, 0.25) is 0 Å². The molecule has 0 saturated carbocycles. The molecule has 0 radical (unpaired) electrons. The third kappa shape index (κ3) is 3.08. The van der Waals surface area contributed by atoms with E-state index in [1.807, 2.05) is 0 Å². The Morgan fingerprint density at radius 3 is 2.73 bits per heavy atom. The highest BCUT2D eigenvalue weighted by molar-refractivity contribution is 5.92. The van der Waals surface area contributed by atoms with Crippen LogP contribution in [0.25, 0.3) is 0 Å². The van der Waals surface area contributed by atoms with Crippen molar-refractivity contribution in [2.45, 2.75) is 13.3 Å². The van der Waals surface area contributed by atoms with Crippen LogP contribution >= 0.6 is 0 Å². The molecule has 0 aliphatic rings. The lowest BCUT2D eigenvalue weighted by Gasteiger charge is -2.02. The number of hydrogen-bond donors (Lipinski definition) is 2. The first-order chi connectivity index (χ1) is 7.00. The molecule has 1 aromatic heterocycles. The van der Waals surface area contributed by atoms with Crippen LogP contribution < -0.4 is 5.32 Å². The molecule has 82 valence electrons. The summed E-state index contributed by atoms with van der Waals surface area (Å²) in [6.07, 6.45) is -0.0808. The van der Waals surface area contributed by atoms with E-state index in [2.05, 4.69) is 10.4 Å². The van der Waals surface area contributed by atoms with E-state index in [1.165, 1.54) is 4.68 Å². The summed E-state index contributed by atoms with van der Waals surface area (Å²) >= 11 is 0. The summed E-state index contributed by atoms with van der Waals surface area (Å²) in [5.41, 5.74) is 1.18. The van der Waals surface area contributed by atoms with Crippen molar-refractivity contribution in [1.82, 2.24) is 15.1 Å². The Morgan fingerprint density at radius 1 is 1.60 bits per heavy atom. The molecule has 0 fully saturated rings.